The average molecular weight is 289 g/mol. The number of nitrogens with one attached hydrogen (secondary N) is 1. The monoisotopic (exact) mass is 289 g/mol. The van der Waals surface area contributed by atoms with E-state index < -0.39 is 6.10 Å². The lowest BCUT2D eigenvalue weighted by Crippen LogP contribution is -2.28. The highest BCUT2D eigenvalue weighted by atomic mass is 16.7. The molecule has 0 aromatic heterocycles. The molecule has 1 atom stereocenters. The van der Waals surface area contributed by atoms with Gasteiger partial charge in [0.25, 0.3) is 0 Å². The molecule has 0 unspecified atom stereocenters. The van der Waals surface area contributed by atoms with Crippen molar-refractivity contribution in [1.29, 1.82) is 0 Å². The maximum atomic E-state index is 9.33. The molecule has 0 amide bonds. The summed E-state index contributed by atoms with van der Waals surface area (Å²) >= 11 is 0. The topological polar surface area (TPSA) is 60.0 Å². The lowest BCUT2D eigenvalue weighted by molar-refractivity contribution is 0.0144. The third-order valence-electron chi connectivity index (χ3n) is 2.81. The zero-order chi connectivity index (χ0) is 14.9. The lowest BCUT2D eigenvalue weighted by Gasteiger charge is -2.18. The molecule has 112 valence electrons. The quantitative estimate of drug-likeness (QED) is 0.731. The zero-order valence-corrected chi connectivity index (χ0v) is 11.9. The van der Waals surface area contributed by atoms with Crippen LogP contribution in [-0.2, 0) is 4.84 Å². The van der Waals surface area contributed by atoms with E-state index in [1.54, 1.807) is 13.2 Å². The molecule has 0 aliphatic carbocycles. The summed E-state index contributed by atoms with van der Waals surface area (Å²) in [6.07, 6.45) is -0.491. The number of ether oxygens (including phenoxy) is 2. The van der Waals surface area contributed by atoms with Gasteiger partial charge in [0.05, 0.1) is 19.4 Å². The third kappa shape index (κ3) is 4.66. The second-order valence-electron chi connectivity index (χ2n) is 4.35. The summed E-state index contributed by atoms with van der Waals surface area (Å²) in [6.45, 7) is 0.0473. The van der Waals surface area contributed by atoms with Crippen LogP contribution in [0.1, 0.15) is 0 Å². The van der Waals surface area contributed by atoms with Crippen LogP contribution in [0.5, 0.6) is 11.5 Å². The van der Waals surface area contributed by atoms with Gasteiger partial charge in [0.2, 0.25) is 0 Å². The van der Waals surface area contributed by atoms with Gasteiger partial charge in [0.1, 0.15) is 12.7 Å². The van der Waals surface area contributed by atoms with Crippen molar-refractivity contribution in [2.75, 3.05) is 25.8 Å². The second kappa shape index (κ2) is 8.14. The van der Waals surface area contributed by atoms with Gasteiger partial charge in [-0.15, -0.1) is 0 Å². The normalized spacial score (nSPS) is 11.7. The van der Waals surface area contributed by atoms with Crippen LogP contribution >= 0.6 is 0 Å². The summed E-state index contributed by atoms with van der Waals surface area (Å²) in [4.78, 5) is 5.41. The van der Waals surface area contributed by atoms with Gasteiger partial charge in [-0.05, 0) is 24.3 Å². The number of aliphatic hydroxyl groups is 1. The summed E-state index contributed by atoms with van der Waals surface area (Å²) in [5, 5.41) is 9.33. The minimum Gasteiger partial charge on any atom is -0.493 e. The van der Waals surface area contributed by atoms with Crippen molar-refractivity contribution in [2.24, 2.45) is 0 Å². The Morgan fingerprint density at radius 1 is 1.00 bits per heavy atom. The van der Waals surface area contributed by atoms with E-state index in [9.17, 15) is 5.11 Å². The Bertz CT molecular complexity index is 533. The fraction of sp³-hybridized carbons (Fsp3) is 0.250. The highest BCUT2D eigenvalue weighted by Crippen LogP contribution is 2.25. The number of hydrogen-bond acceptors (Lipinski definition) is 5. The van der Waals surface area contributed by atoms with Crippen LogP contribution in [-0.4, -0.2) is 31.5 Å². The SMILES string of the molecule is COc1ccccc1OC[C@H](CO)ONc1ccccc1. The molecular formula is C16H19NO4. The molecule has 0 saturated carbocycles. The maximum absolute atomic E-state index is 9.33. The van der Waals surface area contributed by atoms with Crippen molar-refractivity contribution in [2.45, 2.75) is 6.10 Å². The Morgan fingerprint density at radius 3 is 2.33 bits per heavy atom. The number of methoxy groups -OCH3 is 1. The fourth-order valence-corrected chi connectivity index (χ4v) is 1.70. The van der Waals surface area contributed by atoms with Crippen LogP contribution in [0.4, 0.5) is 5.69 Å². The molecule has 0 fully saturated rings. The van der Waals surface area contributed by atoms with Crippen LogP contribution in [0.3, 0.4) is 0 Å². The van der Waals surface area contributed by atoms with Crippen LogP contribution in [0.2, 0.25) is 0 Å². The van der Waals surface area contributed by atoms with E-state index >= 15 is 0 Å². The standard InChI is InChI=1S/C16H19NO4/c1-19-15-9-5-6-10-16(15)20-12-14(11-18)21-17-13-7-3-2-4-8-13/h2-10,14,17-18H,11-12H2,1H3/t14-/m0/s1. The molecule has 0 radical (unpaired) electrons. The molecule has 0 aliphatic rings. The Balaban J connectivity index is 1.85. The van der Waals surface area contributed by atoms with E-state index in [2.05, 4.69) is 5.48 Å². The Labute approximate surface area is 124 Å². The number of hydrogen-bond donors (Lipinski definition) is 2. The Kier molecular flexibility index (Phi) is 5.87. The third-order valence-corrected chi connectivity index (χ3v) is 2.81. The molecule has 0 bridgehead atoms. The summed E-state index contributed by atoms with van der Waals surface area (Å²) in [5.41, 5.74) is 3.60. The first-order valence-electron chi connectivity index (χ1n) is 6.67. The minimum absolute atomic E-state index is 0.158. The van der Waals surface area contributed by atoms with Crippen LogP contribution < -0.4 is 15.0 Å². The summed E-state index contributed by atoms with van der Waals surface area (Å²) in [5.74, 6) is 1.26. The van der Waals surface area contributed by atoms with Crippen LogP contribution in [0.25, 0.3) is 0 Å². The predicted octanol–water partition coefficient (Wildman–Crippen LogP) is 2.48. The zero-order valence-electron chi connectivity index (χ0n) is 11.9. The van der Waals surface area contributed by atoms with E-state index in [1.807, 2.05) is 48.5 Å². The van der Waals surface area contributed by atoms with Gasteiger partial charge in [-0.3, -0.25) is 10.3 Å². The number of para-hydroxylation sites is 3. The van der Waals surface area contributed by atoms with Gasteiger partial charge in [0.15, 0.2) is 11.5 Å². The van der Waals surface area contributed by atoms with E-state index in [4.69, 9.17) is 14.3 Å². The fourth-order valence-electron chi connectivity index (χ4n) is 1.70. The summed E-state index contributed by atoms with van der Waals surface area (Å²) < 4.78 is 10.8. The van der Waals surface area contributed by atoms with E-state index in [-0.39, 0.29) is 13.2 Å². The molecule has 5 nitrogen and oxygen atoms in total. The van der Waals surface area contributed by atoms with Crippen molar-refractivity contribution in [1.82, 2.24) is 0 Å². The minimum atomic E-state index is -0.491. The summed E-state index contributed by atoms with van der Waals surface area (Å²) in [7, 11) is 1.58. The summed E-state index contributed by atoms with van der Waals surface area (Å²) in [6, 6.07) is 16.8. The molecule has 0 spiro atoms. The molecular weight excluding hydrogens is 270 g/mol. The van der Waals surface area contributed by atoms with Gasteiger partial charge in [-0.1, -0.05) is 30.3 Å². The number of anilines is 1. The predicted molar refractivity (Wildman–Crippen MR) is 80.5 cm³/mol. The molecule has 2 aromatic rings. The first-order chi connectivity index (χ1) is 10.3. The molecule has 0 saturated heterocycles. The van der Waals surface area contributed by atoms with E-state index in [0.717, 1.165) is 5.69 Å². The molecule has 2 aromatic carbocycles. The van der Waals surface area contributed by atoms with Crippen molar-refractivity contribution in [3.63, 3.8) is 0 Å². The number of rotatable bonds is 8. The molecule has 0 heterocycles. The van der Waals surface area contributed by atoms with Crippen LogP contribution in [0.15, 0.2) is 54.6 Å². The second-order valence-corrected chi connectivity index (χ2v) is 4.35. The molecule has 0 aliphatic heterocycles. The van der Waals surface area contributed by atoms with Crippen molar-refractivity contribution in [3.05, 3.63) is 54.6 Å². The van der Waals surface area contributed by atoms with Gasteiger partial charge in [-0.2, -0.15) is 0 Å². The van der Waals surface area contributed by atoms with Gasteiger partial charge < -0.3 is 14.6 Å². The molecule has 21 heavy (non-hydrogen) atoms. The number of aliphatic hydroxyl groups excluding tert-OH is 1. The first-order valence-corrected chi connectivity index (χ1v) is 6.67. The highest BCUT2D eigenvalue weighted by Gasteiger charge is 2.11. The lowest BCUT2D eigenvalue weighted by atomic mass is 10.3. The highest BCUT2D eigenvalue weighted by molar-refractivity contribution is 5.40. The van der Waals surface area contributed by atoms with Gasteiger partial charge in [0, 0.05) is 0 Å². The average Bonchev–Trinajstić information content (AvgIpc) is 2.56. The van der Waals surface area contributed by atoms with Gasteiger partial charge >= 0.3 is 0 Å². The largest absolute Gasteiger partial charge is 0.493 e. The smallest absolute Gasteiger partial charge is 0.161 e. The molecule has 5 heteroatoms. The van der Waals surface area contributed by atoms with E-state index in [1.165, 1.54) is 0 Å². The first kappa shape index (κ1) is 15.2. The van der Waals surface area contributed by atoms with Gasteiger partial charge in [-0.25, -0.2) is 0 Å². The van der Waals surface area contributed by atoms with Crippen molar-refractivity contribution < 1.29 is 19.4 Å². The Morgan fingerprint density at radius 2 is 1.67 bits per heavy atom. The van der Waals surface area contributed by atoms with E-state index in [0.29, 0.717) is 11.5 Å². The number of benzene rings is 2. The maximum Gasteiger partial charge on any atom is 0.161 e. The van der Waals surface area contributed by atoms with Crippen molar-refractivity contribution >= 4 is 5.69 Å². The van der Waals surface area contributed by atoms with Crippen LogP contribution in [0, 0.1) is 0 Å². The van der Waals surface area contributed by atoms with Crippen molar-refractivity contribution in [3.8, 4) is 11.5 Å². The Hall–Kier alpha value is -2.24. The molecule has 2 rings (SSSR count). The molecule has 2 N–H and O–H groups in total.